The van der Waals surface area contributed by atoms with Crippen molar-refractivity contribution in [1.29, 1.82) is 0 Å². The van der Waals surface area contributed by atoms with Crippen LogP contribution >= 0.6 is 0 Å². The molecule has 0 radical (unpaired) electrons. The van der Waals surface area contributed by atoms with E-state index in [9.17, 15) is 4.79 Å². The van der Waals surface area contributed by atoms with E-state index in [-0.39, 0.29) is 6.04 Å². The topological polar surface area (TPSA) is 45.2 Å². The lowest BCUT2D eigenvalue weighted by Crippen LogP contribution is -2.47. The zero-order chi connectivity index (χ0) is 14.2. The van der Waals surface area contributed by atoms with Gasteiger partial charge in [0.2, 0.25) is 5.91 Å². The average Bonchev–Trinajstić information content (AvgIpc) is 3.10. The molecule has 2 saturated carbocycles. The van der Waals surface area contributed by atoms with Gasteiger partial charge in [0.05, 0.1) is 6.04 Å². The quantitative estimate of drug-likeness (QED) is 0.920. The molecule has 112 valence electrons. The highest BCUT2D eigenvalue weighted by Crippen LogP contribution is 2.39. The van der Waals surface area contributed by atoms with Crippen molar-refractivity contribution in [2.24, 2.45) is 11.8 Å². The number of hydrogen-bond acceptors (Lipinski definition) is 3. The van der Waals surface area contributed by atoms with Gasteiger partial charge in [0.1, 0.15) is 0 Å². The number of carbonyl (C=O) groups is 1. The second-order valence-corrected chi connectivity index (χ2v) is 6.80. The van der Waals surface area contributed by atoms with E-state index in [0.717, 1.165) is 30.9 Å². The maximum Gasteiger partial charge on any atom is 0.240 e. The molecule has 2 aliphatic carbocycles. The van der Waals surface area contributed by atoms with Crippen LogP contribution in [0.1, 0.15) is 37.7 Å². The Hall–Kier alpha value is -1.42. The summed E-state index contributed by atoms with van der Waals surface area (Å²) in [5, 5.41) is 3.50. The van der Waals surface area contributed by atoms with Crippen LogP contribution in [0, 0.1) is 11.8 Å². The molecule has 4 rings (SSSR count). The zero-order valence-electron chi connectivity index (χ0n) is 12.4. The normalized spacial score (nSPS) is 31.1. The molecule has 3 unspecified atom stereocenters. The first kappa shape index (κ1) is 13.3. The summed E-state index contributed by atoms with van der Waals surface area (Å²) in [4.78, 5) is 19.3. The summed E-state index contributed by atoms with van der Waals surface area (Å²) in [6.45, 7) is 1.75. The van der Waals surface area contributed by atoms with E-state index in [1.807, 2.05) is 12.3 Å². The van der Waals surface area contributed by atoms with Crippen LogP contribution in [0.25, 0.3) is 0 Å². The molecular formula is C17H23N3O. The monoisotopic (exact) mass is 285 g/mol. The summed E-state index contributed by atoms with van der Waals surface area (Å²) >= 11 is 0. The van der Waals surface area contributed by atoms with Crippen molar-refractivity contribution in [3.63, 3.8) is 0 Å². The van der Waals surface area contributed by atoms with Crippen molar-refractivity contribution in [2.45, 2.75) is 50.7 Å². The maximum absolute atomic E-state index is 13.0. The molecule has 0 aromatic carbocycles. The Morgan fingerprint density at radius 3 is 3.00 bits per heavy atom. The first-order chi connectivity index (χ1) is 10.3. The van der Waals surface area contributed by atoms with Crippen molar-refractivity contribution < 1.29 is 4.79 Å². The number of pyridine rings is 1. The summed E-state index contributed by atoms with van der Waals surface area (Å²) in [6, 6.07) is 4.54. The minimum Gasteiger partial charge on any atom is -0.334 e. The van der Waals surface area contributed by atoms with E-state index in [0.29, 0.717) is 24.4 Å². The van der Waals surface area contributed by atoms with Crippen LogP contribution in [0.5, 0.6) is 0 Å². The SMILES string of the molecule is O=C(C1NCC2CCCC21)N(Cc1cccnc1)C1CC1. The number of aromatic nitrogens is 1. The Balaban J connectivity index is 1.50. The predicted octanol–water partition coefficient (Wildman–Crippen LogP) is 1.96. The van der Waals surface area contributed by atoms with E-state index in [2.05, 4.69) is 21.3 Å². The van der Waals surface area contributed by atoms with Crippen LogP contribution in [-0.4, -0.2) is 34.4 Å². The number of rotatable bonds is 4. The molecule has 1 aliphatic heterocycles. The van der Waals surface area contributed by atoms with E-state index in [1.165, 1.54) is 19.3 Å². The molecule has 3 fully saturated rings. The second kappa shape index (κ2) is 5.41. The first-order valence-corrected chi connectivity index (χ1v) is 8.25. The van der Waals surface area contributed by atoms with Crippen LogP contribution in [-0.2, 0) is 11.3 Å². The van der Waals surface area contributed by atoms with Gasteiger partial charge in [0, 0.05) is 25.0 Å². The molecule has 1 amide bonds. The van der Waals surface area contributed by atoms with E-state index >= 15 is 0 Å². The Morgan fingerprint density at radius 1 is 1.33 bits per heavy atom. The number of nitrogens with one attached hydrogen (secondary N) is 1. The molecule has 1 saturated heterocycles. The highest BCUT2D eigenvalue weighted by atomic mass is 16.2. The summed E-state index contributed by atoms with van der Waals surface area (Å²) in [5.74, 6) is 1.64. The van der Waals surface area contributed by atoms with Crippen molar-refractivity contribution in [3.05, 3.63) is 30.1 Å². The smallest absolute Gasteiger partial charge is 0.240 e. The van der Waals surface area contributed by atoms with Crippen molar-refractivity contribution >= 4 is 5.91 Å². The fraction of sp³-hybridized carbons (Fsp3) is 0.647. The number of amides is 1. The van der Waals surface area contributed by atoms with Crippen molar-refractivity contribution in [3.8, 4) is 0 Å². The van der Waals surface area contributed by atoms with Crippen LogP contribution in [0.3, 0.4) is 0 Å². The van der Waals surface area contributed by atoms with E-state index < -0.39 is 0 Å². The fourth-order valence-corrected chi connectivity index (χ4v) is 4.10. The van der Waals surface area contributed by atoms with Gasteiger partial charge in [-0.15, -0.1) is 0 Å². The van der Waals surface area contributed by atoms with Gasteiger partial charge >= 0.3 is 0 Å². The van der Waals surface area contributed by atoms with Gasteiger partial charge in [-0.1, -0.05) is 12.5 Å². The van der Waals surface area contributed by atoms with Crippen LogP contribution in [0.2, 0.25) is 0 Å². The van der Waals surface area contributed by atoms with Gasteiger partial charge in [0.15, 0.2) is 0 Å². The minimum atomic E-state index is 0.0646. The molecular weight excluding hydrogens is 262 g/mol. The molecule has 21 heavy (non-hydrogen) atoms. The Morgan fingerprint density at radius 2 is 2.24 bits per heavy atom. The molecule has 0 spiro atoms. The molecule has 1 aromatic rings. The number of nitrogens with zero attached hydrogens (tertiary/aromatic N) is 2. The van der Waals surface area contributed by atoms with E-state index in [1.54, 1.807) is 6.20 Å². The van der Waals surface area contributed by atoms with Gasteiger partial charge < -0.3 is 10.2 Å². The maximum atomic E-state index is 13.0. The number of carbonyl (C=O) groups excluding carboxylic acids is 1. The Kier molecular flexibility index (Phi) is 3.42. The third-order valence-electron chi connectivity index (χ3n) is 5.36. The average molecular weight is 285 g/mol. The number of hydrogen-bond donors (Lipinski definition) is 1. The first-order valence-electron chi connectivity index (χ1n) is 8.25. The van der Waals surface area contributed by atoms with Gasteiger partial charge in [-0.05, 0) is 55.7 Å². The number of fused-ring (bicyclic) bond motifs is 1. The van der Waals surface area contributed by atoms with Gasteiger partial charge in [0.25, 0.3) is 0 Å². The molecule has 2 heterocycles. The van der Waals surface area contributed by atoms with E-state index in [4.69, 9.17) is 0 Å². The lowest BCUT2D eigenvalue weighted by atomic mass is 9.93. The van der Waals surface area contributed by atoms with Gasteiger partial charge in [-0.2, -0.15) is 0 Å². The standard InChI is InChI=1S/C17H23N3O/c21-17(16-15-5-1-4-13(15)10-19-16)20(14-6-7-14)11-12-3-2-8-18-9-12/h2-3,8-9,13-16,19H,1,4-7,10-11H2. The second-order valence-electron chi connectivity index (χ2n) is 6.80. The van der Waals surface area contributed by atoms with Crippen molar-refractivity contribution in [2.75, 3.05) is 6.54 Å². The van der Waals surface area contributed by atoms with Crippen LogP contribution in [0.4, 0.5) is 0 Å². The van der Waals surface area contributed by atoms with Gasteiger partial charge in [-0.25, -0.2) is 0 Å². The minimum absolute atomic E-state index is 0.0646. The molecule has 4 heteroatoms. The molecule has 3 atom stereocenters. The Labute approximate surface area is 125 Å². The van der Waals surface area contributed by atoms with Crippen molar-refractivity contribution in [1.82, 2.24) is 15.2 Å². The fourth-order valence-electron chi connectivity index (χ4n) is 4.10. The highest BCUT2D eigenvalue weighted by Gasteiger charge is 2.45. The molecule has 1 aromatic heterocycles. The third-order valence-corrected chi connectivity index (χ3v) is 5.36. The lowest BCUT2D eigenvalue weighted by molar-refractivity contribution is -0.135. The van der Waals surface area contributed by atoms with Crippen LogP contribution < -0.4 is 5.32 Å². The summed E-state index contributed by atoms with van der Waals surface area (Å²) < 4.78 is 0. The largest absolute Gasteiger partial charge is 0.334 e. The summed E-state index contributed by atoms with van der Waals surface area (Å²) in [7, 11) is 0. The third kappa shape index (κ3) is 2.57. The lowest BCUT2D eigenvalue weighted by Gasteiger charge is -2.28. The molecule has 1 N–H and O–H groups in total. The molecule has 4 nitrogen and oxygen atoms in total. The molecule has 3 aliphatic rings. The van der Waals surface area contributed by atoms with Gasteiger partial charge in [-0.3, -0.25) is 9.78 Å². The van der Waals surface area contributed by atoms with Crippen LogP contribution in [0.15, 0.2) is 24.5 Å². The highest BCUT2D eigenvalue weighted by molar-refractivity contribution is 5.83. The zero-order valence-corrected chi connectivity index (χ0v) is 12.4. The summed E-state index contributed by atoms with van der Waals surface area (Å²) in [5.41, 5.74) is 1.14. The molecule has 0 bridgehead atoms. The predicted molar refractivity (Wildman–Crippen MR) is 80.4 cm³/mol. The Bertz CT molecular complexity index is 514. The summed E-state index contributed by atoms with van der Waals surface area (Å²) in [6.07, 6.45) is 9.80.